The molecule has 2 aromatic rings. The first-order valence-corrected chi connectivity index (χ1v) is 9.66. The molecule has 1 fully saturated rings. The Morgan fingerprint density at radius 1 is 1.28 bits per heavy atom. The average Bonchev–Trinajstić information content (AvgIpc) is 3.15. The highest BCUT2D eigenvalue weighted by Gasteiger charge is 2.20. The van der Waals surface area contributed by atoms with E-state index in [9.17, 15) is 4.79 Å². The number of carbonyl (C=O) groups excluding carboxylic acids is 1. The van der Waals surface area contributed by atoms with Crippen molar-refractivity contribution in [1.82, 2.24) is 14.8 Å². The Morgan fingerprint density at radius 2 is 2.08 bits per heavy atom. The van der Waals surface area contributed by atoms with E-state index in [0.717, 1.165) is 54.7 Å². The van der Waals surface area contributed by atoms with E-state index in [1.807, 2.05) is 29.2 Å². The highest BCUT2D eigenvalue weighted by Crippen LogP contribution is 2.27. The van der Waals surface area contributed by atoms with E-state index in [1.54, 1.807) is 18.4 Å². The minimum Gasteiger partial charge on any atom is -0.497 e. The Labute approximate surface area is 153 Å². The number of hydrogen-bond donors (Lipinski definition) is 0. The molecule has 1 aliphatic heterocycles. The quantitative estimate of drug-likeness (QED) is 0.796. The summed E-state index contributed by atoms with van der Waals surface area (Å²) in [5.74, 6) is 1.07. The second kappa shape index (κ2) is 8.45. The van der Waals surface area contributed by atoms with Gasteiger partial charge in [-0.2, -0.15) is 0 Å². The third-order valence-corrected chi connectivity index (χ3v) is 5.58. The zero-order chi connectivity index (χ0) is 17.6. The summed E-state index contributed by atoms with van der Waals surface area (Å²) in [4.78, 5) is 21.4. The van der Waals surface area contributed by atoms with Crippen LogP contribution in [0.2, 0.25) is 0 Å². The lowest BCUT2D eigenvalue weighted by Crippen LogP contribution is -2.48. The molecule has 1 saturated heterocycles. The lowest BCUT2D eigenvalue weighted by Gasteiger charge is -2.34. The molecular formula is C19H25N3O2S. The molecule has 1 aromatic carbocycles. The van der Waals surface area contributed by atoms with Crippen LogP contribution in [0.1, 0.15) is 19.0 Å². The molecule has 0 aliphatic carbocycles. The van der Waals surface area contributed by atoms with Gasteiger partial charge in [-0.1, -0.05) is 19.1 Å². The highest BCUT2D eigenvalue weighted by atomic mass is 32.1. The van der Waals surface area contributed by atoms with E-state index in [4.69, 9.17) is 4.74 Å². The molecule has 134 valence electrons. The maximum atomic E-state index is 12.4. The van der Waals surface area contributed by atoms with Crippen molar-refractivity contribution in [2.45, 2.75) is 19.8 Å². The number of piperazine rings is 1. The Hall–Kier alpha value is -1.92. The predicted octanol–water partition coefficient (Wildman–Crippen LogP) is 2.92. The Bertz CT molecular complexity index is 708. The summed E-state index contributed by atoms with van der Waals surface area (Å²) in [7, 11) is 1.67. The van der Waals surface area contributed by atoms with E-state index in [2.05, 4.69) is 22.2 Å². The van der Waals surface area contributed by atoms with Gasteiger partial charge in [0.15, 0.2) is 0 Å². The van der Waals surface area contributed by atoms with Crippen LogP contribution in [-0.2, 0) is 11.2 Å². The van der Waals surface area contributed by atoms with E-state index in [1.165, 1.54) is 0 Å². The number of hydrogen-bond acceptors (Lipinski definition) is 5. The van der Waals surface area contributed by atoms with Crippen LogP contribution >= 0.6 is 11.3 Å². The standard InChI is InChI=1S/C19H25N3O2S/c1-3-21-9-11-22(12-10-21)18(23)8-7-16-14-25-19(20-16)15-5-4-6-17(13-15)24-2/h4-6,13-14H,3,7-12H2,1-2H3. The van der Waals surface area contributed by atoms with Gasteiger partial charge in [-0.05, 0) is 25.1 Å². The highest BCUT2D eigenvalue weighted by molar-refractivity contribution is 7.13. The van der Waals surface area contributed by atoms with E-state index in [-0.39, 0.29) is 5.91 Å². The first-order valence-electron chi connectivity index (χ1n) is 8.78. The third-order valence-electron chi connectivity index (χ3n) is 4.64. The van der Waals surface area contributed by atoms with Gasteiger partial charge in [0.2, 0.25) is 5.91 Å². The first-order chi connectivity index (χ1) is 12.2. The topological polar surface area (TPSA) is 45.7 Å². The van der Waals surface area contributed by atoms with Crippen molar-refractivity contribution >= 4 is 17.2 Å². The maximum Gasteiger partial charge on any atom is 0.223 e. The number of rotatable bonds is 6. The summed E-state index contributed by atoms with van der Waals surface area (Å²) in [6, 6.07) is 7.91. The van der Waals surface area contributed by atoms with Crippen LogP contribution in [0.25, 0.3) is 10.6 Å². The molecule has 0 unspecified atom stereocenters. The van der Waals surface area contributed by atoms with E-state index >= 15 is 0 Å². The molecule has 0 radical (unpaired) electrons. The van der Waals surface area contributed by atoms with E-state index in [0.29, 0.717) is 12.8 Å². The van der Waals surface area contributed by atoms with Crippen molar-refractivity contribution < 1.29 is 9.53 Å². The molecule has 6 heteroatoms. The molecule has 0 bridgehead atoms. The zero-order valence-electron chi connectivity index (χ0n) is 14.9. The number of aromatic nitrogens is 1. The number of ether oxygens (including phenoxy) is 1. The number of aryl methyl sites for hydroxylation is 1. The summed E-state index contributed by atoms with van der Waals surface area (Å²) in [6.07, 6.45) is 1.24. The van der Waals surface area contributed by atoms with Crippen LogP contribution in [0.15, 0.2) is 29.6 Å². The van der Waals surface area contributed by atoms with Crippen LogP contribution in [0.5, 0.6) is 5.75 Å². The van der Waals surface area contributed by atoms with Gasteiger partial charge in [-0.15, -0.1) is 11.3 Å². The maximum absolute atomic E-state index is 12.4. The summed E-state index contributed by atoms with van der Waals surface area (Å²) in [5.41, 5.74) is 2.04. The van der Waals surface area contributed by atoms with Gasteiger partial charge in [0.1, 0.15) is 10.8 Å². The molecule has 0 N–H and O–H groups in total. The Kier molecular flexibility index (Phi) is 6.04. The van der Waals surface area contributed by atoms with Gasteiger partial charge in [0, 0.05) is 43.5 Å². The largest absolute Gasteiger partial charge is 0.497 e. The smallest absolute Gasteiger partial charge is 0.223 e. The summed E-state index contributed by atoms with van der Waals surface area (Å²) < 4.78 is 5.27. The van der Waals surface area contributed by atoms with Crippen LogP contribution in [-0.4, -0.2) is 60.5 Å². The number of thiazole rings is 1. The summed E-state index contributed by atoms with van der Waals surface area (Å²) >= 11 is 1.61. The van der Waals surface area contributed by atoms with Crippen LogP contribution in [0, 0.1) is 0 Å². The molecule has 25 heavy (non-hydrogen) atoms. The van der Waals surface area contributed by atoms with Crippen molar-refractivity contribution in [3.05, 3.63) is 35.3 Å². The number of methoxy groups -OCH3 is 1. The number of carbonyl (C=O) groups is 1. The van der Waals surface area contributed by atoms with Crippen molar-refractivity contribution in [3.63, 3.8) is 0 Å². The second-order valence-electron chi connectivity index (χ2n) is 6.19. The number of benzene rings is 1. The van der Waals surface area contributed by atoms with Crippen LogP contribution in [0.4, 0.5) is 0 Å². The minimum atomic E-state index is 0.242. The molecule has 1 aliphatic rings. The van der Waals surface area contributed by atoms with Gasteiger partial charge in [0.25, 0.3) is 0 Å². The summed E-state index contributed by atoms with van der Waals surface area (Å²) in [6.45, 7) is 6.89. The molecule has 0 spiro atoms. The van der Waals surface area contributed by atoms with E-state index < -0.39 is 0 Å². The fraction of sp³-hybridized carbons (Fsp3) is 0.474. The number of likely N-dealkylation sites (N-methyl/N-ethyl adjacent to an activating group) is 1. The monoisotopic (exact) mass is 359 g/mol. The molecular weight excluding hydrogens is 334 g/mol. The van der Waals surface area contributed by atoms with Gasteiger partial charge in [-0.3, -0.25) is 4.79 Å². The fourth-order valence-electron chi connectivity index (χ4n) is 3.02. The first kappa shape index (κ1) is 17.9. The zero-order valence-corrected chi connectivity index (χ0v) is 15.7. The number of amides is 1. The van der Waals surface area contributed by atoms with Gasteiger partial charge < -0.3 is 14.5 Å². The van der Waals surface area contributed by atoms with Crippen molar-refractivity contribution in [3.8, 4) is 16.3 Å². The van der Waals surface area contributed by atoms with Gasteiger partial charge in [0.05, 0.1) is 12.8 Å². The van der Waals surface area contributed by atoms with Crippen molar-refractivity contribution in [2.75, 3.05) is 39.8 Å². The lowest BCUT2D eigenvalue weighted by molar-refractivity contribution is -0.132. The molecule has 1 amide bonds. The lowest BCUT2D eigenvalue weighted by atomic mass is 10.2. The molecule has 5 nitrogen and oxygen atoms in total. The van der Waals surface area contributed by atoms with Crippen molar-refractivity contribution in [1.29, 1.82) is 0 Å². The van der Waals surface area contributed by atoms with Crippen LogP contribution in [0.3, 0.4) is 0 Å². The Morgan fingerprint density at radius 3 is 2.80 bits per heavy atom. The molecule has 2 heterocycles. The van der Waals surface area contributed by atoms with Crippen molar-refractivity contribution in [2.24, 2.45) is 0 Å². The summed E-state index contributed by atoms with van der Waals surface area (Å²) in [5, 5.41) is 3.02. The molecule has 1 aromatic heterocycles. The predicted molar refractivity (Wildman–Crippen MR) is 101 cm³/mol. The van der Waals surface area contributed by atoms with Gasteiger partial charge in [-0.25, -0.2) is 4.98 Å². The SMILES string of the molecule is CCN1CCN(C(=O)CCc2csc(-c3cccc(OC)c3)n2)CC1. The molecule has 0 atom stereocenters. The third kappa shape index (κ3) is 4.58. The molecule has 0 saturated carbocycles. The average molecular weight is 359 g/mol. The Balaban J connectivity index is 1.54. The number of nitrogens with zero attached hydrogens (tertiary/aromatic N) is 3. The minimum absolute atomic E-state index is 0.242. The van der Waals surface area contributed by atoms with Gasteiger partial charge >= 0.3 is 0 Å². The molecule has 3 rings (SSSR count). The second-order valence-corrected chi connectivity index (χ2v) is 7.05. The fourth-order valence-corrected chi connectivity index (χ4v) is 3.87. The normalized spacial score (nSPS) is 15.4. The van der Waals surface area contributed by atoms with Crippen LogP contribution < -0.4 is 4.74 Å².